The van der Waals surface area contributed by atoms with Crippen LogP contribution in [-0.2, 0) is 6.54 Å². The van der Waals surface area contributed by atoms with Gasteiger partial charge in [0.05, 0.1) is 30.6 Å². The Morgan fingerprint density at radius 3 is 2.89 bits per heavy atom. The van der Waals surface area contributed by atoms with Crippen LogP contribution in [0.3, 0.4) is 0 Å². The molecule has 18 heavy (non-hydrogen) atoms. The highest BCUT2D eigenvalue weighted by Gasteiger charge is 1.97. The molecule has 0 aliphatic carbocycles. The highest BCUT2D eigenvalue weighted by molar-refractivity contribution is 5.43. The number of anilines is 1. The normalized spacial score (nSPS) is 9.56. The van der Waals surface area contributed by atoms with Gasteiger partial charge >= 0.3 is 0 Å². The molecule has 0 atom stereocenters. The van der Waals surface area contributed by atoms with Crippen LogP contribution >= 0.6 is 0 Å². The molecule has 0 unspecified atom stereocenters. The summed E-state index contributed by atoms with van der Waals surface area (Å²) >= 11 is 0. The van der Waals surface area contributed by atoms with Crippen LogP contribution in [-0.4, -0.2) is 12.1 Å². The summed E-state index contributed by atoms with van der Waals surface area (Å²) in [5.41, 5.74) is 2.64. The highest BCUT2D eigenvalue weighted by Crippen LogP contribution is 2.12. The van der Waals surface area contributed by atoms with Gasteiger partial charge in [-0.2, -0.15) is 5.26 Å². The molecular formula is C14H13N3O. The van der Waals surface area contributed by atoms with Crippen molar-refractivity contribution < 1.29 is 4.74 Å². The summed E-state index contributed by atoms with van der Waals surface area (Å²) in [6, 6.07) is 13.3. The molecule has 0 saturated heterocycles. The molecule has 0 aliphatic heterocycles. The van der Waals surface area contributed by atoms with Gasteiger partial charge in [-0.25, -0.2) is 4.98 Å². The Morgan fingerprint density at radius 2 is 2.22 bits per heavy atom. The van der Waals surface area contributed by atoms with E-state index in [4.69, 9.17) is 10.00 Å². The van der Waals surface area contributed by atoms with Crippen LogP contribution in [0.25, 0.3) is 0 Å². The van der Waals surface area contributed by atoms with Gasteiger partial charge < -0.3 is 10.1 Å². The number of methoxy groups -OCH3 is 1. The van der Waals surface area contributed by atoms with Crippen molar-refractivity contribution in [2.75, 3.05) is 12.4 Å². The number of nitriles is 1. The summed E-state index contributed by atoms with van der Waals surface area (Å²) in [5, 5.41) is 12.0. The van der Waals surface area contributed by atoms with Crippen molar-refractivity contribution in [2.24, 2.45) is 0 Å². The van der Waals surface area contributed by atoms with Gasteiger partial charge in [0.25, 0.3) is 0 Å². The van der Waals surface area contributed by atoms with E-state index in [1.165, 1.54) is 0 Å². The first-order valence-corrected chi connectivity index (χ1v) is 5.55. The highest BCUT2D eigenvalue weighted by atomic mass is 16.5. The summed E-state index contributed by atoms with van der Waals surface area (Å²) in [6.45, 7) is 0.656. The Hall–Kier alpha value is -2.54. The summed E-state index contributed by atoms with van der Waals surface area (Å²) in [4.78, 5) is 4.11. The molecule has 90 valence electrons. The molecule has 0 aliphatic rings. The van der Waals surface area contributed by atoms with E-state index in [2.05, 4.69) is 16.4 Å². The Bertz CT molecular complexity index is 558. The molecule has 0 saturated carbocycles. The van der Waals surface area contributed by atoms with E-state index in [0.29, 0.717) is 18.0 Å². The third kappa shape index (κ3) is 2.98. The van der Waals surface area contributed by atoms with Crippen LogP contribution in [0, 0.1) is 11.3 Å². The fraction of sp³-hybridized carbons (Fsp3) is 0.143. The summed E-state index contributed by atoms with van der Waals surface area (Å²) in [6.07, 6.45) is 1.72. The van der Waals surface area contributed by atoms with Crippen LogP contribution < -0.4 is 10.1 Å². The zero-order valence-corrected chi connectivity index (χ0v) is 10.1. The van der Waals surface area contributed by atoms with Crippen molar-refractivity contribution in [1.82, 2.24) is 4.98 Å². The maximum absolute atomic E-state index is 8.81. The Morgan fingerprint density at radius 1 is 1.33 bits per heavy atom. The van der Waals surface area contributed by atoms with Gasteiger partial charge in [-0.15, -0.1) is 0 Å². The summed E-state index contributed by atoms with van der Waals surface area (Å²) in [7, 11) is 1.59. The van der Waals surface area contributed by atoms with Gasteiger partial charge in [0.2, 0.25) is 5.88 Å². The number of aromatic nitrogens is 1. The maximum atomic E-state index is 8.81. The number of hydrogen-bond acceptors (Lipinski definition) is 4. The quantitative estimate of drug-likeness (QED) is 0.890. The predicted molar refractivity (Wildman–Crippen MR) is 69.3 cm³/mol. The first-order valence-electron chi connectivity index (χ1n) is 5.55. The number of nitrogens with one attached hydrogen (secondary N) is 1. The van der Waals surface area contributed by atoms with E-state index in [-0.39, 0.29) is 0 Å². The minimum atomic E-state index is 0.590. The molecular weight excluding hydrogens is 226 g/mol. The Kier molecular flexibility index (Phi) is 3.77. The molecule has 0 radical (unpaired) electrons. The van der Waals surface area contributed by atoms with Gasteiger partial charge in [0.15, 0.2) is 0 Å². The molecule has 0 fully saturated rings. The zero-order chi connectivity index (χ0) is 12.8. The lowest BCUT2D eigenvalue weighted by molar-refractivity contribution is 0.398. The van der Waals surface area contributed by atoms with Crippen LogP contribution in [0.15, 0.2) is 42.6 Å². The van der Waals surface area contributed by atoms with Crippen molar-refractivity contribution in [3.05, 3.63) is 53.7 Å². The minimum Gasteiger partial charge on any atom is -0.481 e. The topological polar surface area (TPSA) is 57.9 Å². The predicted octanol–water partition coefficient (Wildman–Crippen LogP) is 2.57. The lowest BCUT2D eigenvalue weighted by Crippen LogP contribution is -2.00. The summed E-state index contributed by atoms with van der Waals surface area (Å²) in [5.74, 6) is 0.590. The average molecular weight is 239 g/mol. The maximum Gasteiger partial charge on any atom is 0.213 e. The van der Waals surface area contributed by atoms with Crippen molar-refractivity contribution in [3.8, 4) is 11.9 Å². The number of rotatable bonds is 4. The van der Waals surface area contributed by atoms with E-state index in [1.54, 1.807) is 25.4 Å². The van der Waals surface area contributed by atoms with Crippen LogP contribution in [0.4, 0.5) is 5.69 Å². The van der Waals surface area contributed by atoms with E-state index in [0.717, 1.165) is 11.3 Å². The van der Waals surface area contributed by atoms with Crippen LogP contribution in [0.2, 0.25) is 0 Å². The third-order valence-corrected chi connectivity index (χ3v) is 2.50. The largest absolute Gasteiger partial charge is 0.481 e. The molecule has 4 heteroatoms. The molecule has 0 bridgehead atoms. The lowest BCUT2D eigenvalue weighted by atomic mass is 10.1. The van der Waals surface area contributed by atoms with Crippen molar-refractivity contribution in [1.29, 1.82) is 5.26 Å². The van der Waals surface area contributed by atoms with Crippen LogP contribution in [0.1, 0.15) is 11.1 Å². The molecule has 4 nitrogen and oxygen atoms in total. The minimum absolute atomic E-state index is 0.590. The molecule has 2 aromatic rings. The molecule has 1 aromatic carbocycles. The van der Waals surface area contributed by atoms with Crippen molar-refractivity contribution >= 4 is 5.69 Å². The second-order valence-electron chi connectivity index (χ2n) is 3.75. The van der Waals surface area contributed by atoms with E-state index in [1.807, 2.05) is 24.3 Å². The average Bonchev–Trinajstić information content (AvgIpc) is 2.46. The van der Waals surface area contributed by atoms with Crippen molar-refractivity contribution in [3.63, 3.8) is 0 Å². The number of hydrogen-bond donors (Lipinski definition) is 1. The van der Waals surface area contributed by atoms with Gasteiger partial charge in [-0.3, -0.25) is 0 Å². The molecule has 0 spiro atoms. The fourth-order valence-electron chi connectivity index (χ4n) is 1.56. The van der Waals surface area contributed by atoms with Gasteiger partial charge in [-0.1, -0.05) is 12.1 Å². The standard InChI is InChI=1S/C14H13N3O/c1-18-14-6-5-13(10-17-14)16-9-12-4-2-3-11(7-12)8-15/h2-7,10,16H,9H2,1H3. The molecule has 1 aromatic heterocycles. The van der Waals surface area contributed by atoms with Gasteiger partial charge in [-0.05, 0) is 23.8 Å². The van der Waals surface area contributed by atoms with E-state index >= 15 is 0 Å². The molecule has 1 N–H and O–H groups in total. The SMILES string of the molecule is COc1ccc(NCc2cccc(C#N)c2)cn1. The lowest BCUT2D eigenvalue weighted by Gasteiger charge is -2.07. The fourth-order valence-corrected chi connectivity index (χ4v) is 1.56. The first kappa shape index (κ1) is 11.9. The Labute approximate surface area is 106 Å². The molecule has 2 rings (SSSR count). The monoisotopic (exact) mass is 239 g/mol. The second-order valence-corrected chi connectivity index (χ2v) is 3.75. The second kappa shape index (κ2) is 5.69. The number of benzene rings is 1. The van der Waals surface area contributed by atoms with Gasteiger partial charge in [0.1, 0.15) is 0 Å². The number of nitrogens with zero attached hydrogens (tertiary/aromatic N) is 2. The van der Waals surface area contributed by atoms with Gasteiger partial charge in [0, 0.05) is 12.6 Å². The van der Waals surface area contributed by atoms with E-state index in [9.17, 15) is 0 Å². The van der Waals surface area contributed by atoms with E-state index < -0.39 is 0 Å². The molecule has 0 amide bonds. The number of ether oxygens (including phenoxy) is 1. The van der Waals surface area contributed by atoms with Crippen LogP contribution in [0.5, 0.6) is 5.88 Å². The number of pyridine rings is 1. The first-order chi connectivity index (χ1) is 8.81. The Balaban J connectivity index is 2.00. The van der Waals surface area contributed by atoms with Crippen molar-refractivity contribution in [2.45, 2.75) is 6.54 Å². The molecule has 1 heterocycles. The summed E-state index contributed by atoms with van der Waals surface area (Å²) < 4.78 is 4.99. The zero-order valence-electron chi connectivity index (χ0n) is 10.1. The smallest absolute Gasteiger partial charge is 0.213 e. The third-order valence-electron chi connectivity index (χ3n) is 2.50.